The van der Waals surface area contributed by atoms with E-state index >= 15 is 0 Å². The fourth-order valence-corrected chi connectivity index (χ4v) is 2.08. The van der Waals surface area contributed by atoms with Gasteiger partial charge in [-0.2, -0.15) is 0 Å². The maximum Gasteiger partial charge on any atom is 0.337 e. The third-order valence-electron chi connectivity index (χ3n) is 3.07. The van der Waals surface area contributed by atoms with Crippen molar-refractivity contribution < 1.29 is 9.90 Å². The largest absolute Gasteiger partial charge is 0.478 e. The standard InChI is InChI=1S/C16H11NO2/c18-16(19)15-8-14(9-17-10-15)13-6-5-11-3-1-2-4-12(11)7-13/h1-10H,(H,18,19). The van der Waals surface area contributed by atoms with Gasteiger partial charge in [-0.3, -0.25) is 4.98 Å². The van der Waals surface area contributed by atoms with E-state index in [1.54, 1.807) is 12.3 Å². The summed E-state index contributed by atoms with van der Waals surface area (Å²) in [7, 11) is 0. The molecule has 3 heteroatoms. The number of pyridine rings is 1. The van der Waals surface area contributed by atoms with Gasteiger partial charge in [0.25, 0.3) is 0 Å². The molecule has 0 atom stereocenters. The number of aromatic nitrogens is 1. The molecular formula is C16H11NO2. The number of fused-ring (bicyclic) bond motifs is 1. The van der Waals surface area contributed by atoms with Crippen molar-refractivity contribution in [2.75, 3.05) is 0 Å². The molecule has 0 unspecified atom stereocenters. The van der Waals surface area contributed by atoms with Crippen molar-refractivity contribution >= 4 is 16.7 Å². The lowest BCUT2D eigenvalue weighted by Crippen LogP contribution is -1.97. The molecule has 0 aliphatic carbocycles. The average molecular weight is 249 g/mol. The minimum atomic E-state index is -0.963. The molecule has 3 nitrogen and oxygen atoms in total. The van der Waals surface area contributed by atoms with Crippen molar-refractivity contribution in [3.63, 3.8) is 0 Å². The summed E-state index contributed by atoms with van der Waals surface area (Å²) in [4.78, 5) is 14.9. The number of benzene rings is 2. The van der Waals surface area contributed by atoms with Crippen LogP contribution in [0.5, 0.6) is 0 Å². The molecule has 1 N–H and O–H groups in total. The Morgan fingerprint density at radius 1 is 0.895 bits per heavy atom. The predicted molar refractivity (Wildman–Crippen MR) is 74.1 cm³/mol. The zero-order valence-corrected chi connectivity index (χ0v) is 10.1. The van der Waals surface area contributed by atoms with Crippen LogP contribution in [0, 0.1) is 0 Å². The van der Waals surface area contributed by atoms with Gasteiger partial charge >= 0.3 is 5.97 Å². The molecule has 0 fully saturated rings. The Bertz CT molecular complexity index is 765. The number of carboxylic acids is 1. The topological polar surface area (TPSA) is 50.2 Å². The fraction of sp³-hybridized carbons (Fsp3) is 0. The van der Waals surface area contributed by atoms with Gasteiger partial charge in [0, 0.05) is 18.0 Å². The van der Waals surface area contributed by atoms with E-state index in [4.69, 9.17) is 5.11 Å². The van der Waals surface area contributed by atoms with E-state index in [1.807, 2.05) is 42.5 Å². The van der Waals surface area contributed by atoms with Crippen LogP contribution in [0.3, 0.4) is 0 Å². The van der Waals surface area contributed by atoms with Gasteiger partial charge in [0.05, 0.1) is 5.56 Å². The minimum Gasteiger partial charge on any atom is -0.478 e. The van der Waals surface area contributed by atoms with Gasteiger partial charge in [0.1, 0.15) is 0 Å². The highest BCUT2D eigenvalue weighted by Crippen LogP contribution is 2.24. The van der Waals surface area contributed by atoms with E-state index in [0.29, 0.717) is 0 Å². The maximum atomic E-state index is 11.0. The lowest BCUT2D eigenvalue weighted by Gasteiger charge is -2.04. The van der Waals surface area contributed by atoms with Gasteiger partial charge in [0.2, 0.25) is 0 Å². The normalized spacial score (nSPS) is 10.5. The summed E-state index contributed by atoms with van der Waals surface area (Å²) >= 11 is 0. The van der Waals surface area contributed by atoms with E-state index < -0.39 is 5.97 Å². The molecule has 1 aromatic heterocycles. The maximum absolute atomic E-state index is 11.0. The van der Waals surface area contributed by atoms with Crippen LogP contribution < -0.4 is 0 Å². The smallest absolute Gasteiger partial charge is 0.337 e. The number of rotatable bonds is 2. The van der Waals surface area contributed by atoms with Gasteiger partial charge in [-0.05, 0) is 28.5 Å². The second-order valence-corrected chi connectivity index (χ2v) is 4.33. The van der Waals surface area contributed by atoms with E-state index in [9.17, 15) is 4.79 Å². The van der Waals surface area contributed by atoms with Crippen LogP contribution in [0.2, 0.25) is 0 Å². The number of hydrogen-bond donors (Lipinski definition) is 1. The summed E-state index contributed by atoms with van der Waals surface area (Å²) in [5.74, 6) is -0.963. The molecule has 3 rings (SSSR count). The lowest BCUT2D eigenvalue weighted by atomic mass is 10.0. The van der Waals surface area contributed by atoms with Crippen molar-refractivity contribution in [3.8, 4) is 11.1 Å². The average Bonchev–Trinajstić information content (AvgIpc) is 2.47. The van der Waals surface area contributed by atoms with Crippen molar-refractivity contribution in [1.82, 2.24) is 4.98 Å². The third kappa shape index (κ3) is 2.18. The third-order valence-corrected chi connectivity index (χ3v) is 3.07. The van der Waals surface area contributed by atoms with Gasteiger partial charge in [-0.1, -0.05) is 36.4 Å². The second kappa shape index (κ2) is 4.53. The van der Waals surface area contributed by atoms with Crippen molar-refractivity contribution in [1.29, 1.82) is 0 Å². The number of aromatic carboxylic acids is 1. The molecular weight excluding hydrogens is 238 g/mol. The number of hydrogen-bond acceptors (Lipinski definition) is 2. The first-order valence-electron chi connectivity index (χ1n) is 5.91. The summed E-state index contributed by atoms with van der Waals surface area (Å²) in [6, 6.07) is 15.7. The van der Waals surface area contributed by atoms with E-state index in [1.165, 1.54) is 6.20 Å². The van der Waals surface area contributed by atoms with Crippen LogP contribution in [0.25, 0.3) is 21.9 Å². The Labute approximate surface area is 110 Å². The van der Waals surface area contributed by atoms with Gasteiger partial charge in [-0.25, -0.2) is 4.79 Å². The predicted octanol–water partition coefficient (Wildman–Crippen LogP) is 3.60. The first-order chi connectivity index (χ1) is 9.24. The van der Waals surface area contributed by atoms with E-state index in [0.717, 1.165) is 21.9 Å². The Hall–Kier alpha value is -2.68. The number of nitrogens with zero attached hydrogens (tertiary/aromatic N) is 1. The Morgan fingerprint density at radius 3 is 2.47 bits per heavy atom. The molecule has 0 saturated heterocycles. The molecule has 0 aliphatic rings. The molecule has 0 radical (unpaired) electrons. The summed E-state index contributed by atoms with van der Waals surface area (Å²) in [6.07, 6.45) is 3.03. The van der Waals surface area contributed by atoms with Gasteiger partial charge in [0.15, 0.2) is 0 Å². The SMILES string of the molecule is O=C(O)c1cncc(-c2ccc3ccccc3c2)c1. The van der Waals surface area contributed by atoms with Gasteiger partial charge in [-0.15, -0.1) is 0 Å². The van der Waals surface area contributed by atoms with Crippen molar-refractivity contribution in [2.45, 2.75) is 0 Å². The van der Waals surface area contributed by atoms with E-state index in [2.05, 4.69) is 4.98 Å². The minimum absolute atomic E-state index is 0.200. The van der Waals surface area contributed by atoms with Crippen LogP contribution in [-0.2, 0) is 0 Å². The molecule has 92 valence electrons. The summed E-state index contributed by atoms with van der Waals surface area (Å²) in [6.45, 7) is 0. The van der Waals surface area contributed by atoms with Crippen LogP contribution in [0.15, 0.2) is 60.9 Å². The zero-order valence-electron chi connectivity index (χ0n) is 10.1. The molecule has 0 amide bonds. The molecule has 2 aromatic carbocycles. The van der Waals surface area contributed by atoms with Crippen LogP contribution in [-0.4, -0.2) is 16.1 Å². The lowest BCUT2D eigenvalue weighted by molar-refractivity contribution is 0.0696. The quantitative estimate of drug-likeness (QED) is 0.754. The van der Waals surface area contributed by atoms with Crippen LogP contribution in [0.1, 0.15) is 10.4 Å². The Balaban J connectivity index is 2.13. The van der Waals surface area contributed by atoms with E-state index in [-0.39, 0.29) is 5.56 Å². The second-order valence-electron chi connectivity index (χ2n) is 4.33. The fourth-order valence-electron chi connectivity index (χ4n) is 2.08. The first kappa shape index (κ1) is 11.4. The molecule has 1 heterocycles. The Kier molecular flexibility index (Phi) is 2.72. The molecule has 19 heavy (non-hydrogen) atoms. The molecule has 3 aromatic rings. The highest BCUT2D eigenvalue weighted by molar-refractivity contribution is 5.90. The first-order valence-corrected chi connectivity index (χ1v) is 5.91. The number of carbonyl (C=O) groups is 1. The van der Waals surface area contributed by atoms with Crippen molar-refractivity contribution in [3.05, 3.63) is 66.5 Å². The van der Waals surface area contributed by atoms with Gasteiger partial charge < -0.3 is 5.11 Å². The molecule has 0 bridgehead atoms. The highest BCUT2D eigenvalue weighted by Gasteiger charge is 2.06. The van der Waals surface area contributed by atoms with Crippen LogP contribution in [0.4, 0.5) is 0 Å². The zero-order chi connectivity index (χ0) is 13.2. The van der Waals surface area contributed by atoms with Crippen molar-refractivity contribution in [2.24, 2.45) is 0 Å². The Morgan fingerprint density at radius 2 is 1.68 bits per heavy atom. The molecule has 0 saturated carbocycles. The summed E-state index contributed by atoms with van der Waals surface area (Å²) in [5, 5.41) is 11.3. The molecule has 0 spiro atoms. The summed E-state index contributed by atoms with van der Waals surface area (Å²) < 4.78 is 0. The number of carboxylic acid groups (broad SMARTS) is 1. The highest BCUT2D eigenvalue weighted by atomic mass is 16.4. The summed E-state index contributed by atoms with van der Waals surface area (Å²) in [5.41, 5.74) is 1.98. The molecule has 0 aliphatic heterocycles. The van der Waals surface area contributed by atoms with Crippen LogP contribution >= 0.6 is 0 Å². The monoisotopic (exact) mass is 249 g/mol.